The maximum absolute atomic E-state index is 12.5. The van der Waals surface area contributed by atoms with Crippen molar-refractivity contribution >= 4 is 23.4 Å². The van der Waals surface area contributed by atoms with Crippen LogP contribution in [-0.4, -0.2) is 48.8 Å². The minimum absolute atomic E-state index is 0.0831. The summed E-state index contributed by atoms with van der Waals surface area (Å²) in [6.07, 6.45) is 0.807. The van der Waals surface area contributed by atoms with Gasteiger partial charge in [0.2, 0.25) is 5.91 Å². The van der Waals surface area contributed by atoms with Gasteiger partial charge in [-0.05, 0) is 24.1 Å². The summed E-state index contributed by atoms with van der Waals surface area (Å²) in [4.78, 5) is 27.3. The zero-order chi connectivity index (χ0) is 15.1. The van der Waals surface area contributed by atoms with Crippen LogP contribution >= 0.6 is 11.6 Å². The topological polar surface area (TPSA) is 40.6 Å². The molecule has 0 saturated carbocycles. The van der Waals surface area contributed by atoms with Crippen molar-refractivity contribution in [3.63, 3.8) is 0 Å². The van der Waals surface area contributed by atoms with E-state index in [0.717, 1.165) is 12.0 Å². The van der Waals surface area contributed by atoms with Gasteiger partial charge < -0.3 is 9.80 Å². The molecule has 0 spiro atoms. The Balaban J connectivity index is 2.89. The maximum Gasteiger partial charge on any atom is 0.254 e. The molecular formula is C15H21ClN2O2. The van der Waals surface area contributed by atoms with E-state index in [2.05, 4.69) is 0 Å². The lowest BCUT2D eigenvalue weighted by Gasteiger charge is -2.23. The van der Waals surface area contributed by atoms with E-state index >= 15 is 0 Å². The Morgan fingerprint density at radius 1 is 1.25 bits per heavy atom. The number of carbonyl (C=O) groups excluding carboxylic acids is 2. The molecular weight excluding hydrogens is 276 g/mol. The summed E-state index contributed by atoms with van der Waals surface area (Å²) in [7, 11) is 3.37. The minimum atomic E-state index is -0.131. The third-order valence-electron chi connectivity index (χ3n) is 2.93. The van der Waals surface area contributed by atoms with Crippen LogP contribution in [0.15, 0.2) is 24.3 Å². The van der Waals surface area contributed by atoms with Crippen molar-refractivity contribution < 1.29 is 9.59 Å². The van der Waals surface area contributed by atoms with E-state index in [0.29, 0.717) is 18.0 Å². The van der Waals surface area contributed by atoms with E-state index in [1.54, 1.807) is 31.1 Å². The third kappa shape index (κ3) is 4.53. The summed E-state index contributed by atoms with van der Waals surface area (Å²) in [6, 6.07) is 7.21. The Morgan fingerprint density at radius 3 is 2.50 bits per heavy atom. The molecule has 5 heteroatoms. The number of hydrogen-bond donors (Lipinski definition) is 0. The fourth-order valence-electron chi connectivity index (χ4n) is 1.80. The molecule has 4 nitrogen and oxygen atoms in total. The van der Waals surface area contributed by atoms with Crippen molar-refractivity contribution in [1.82, 2.24) is 9.80 Å². The standard InChI is InChI=1S/C15H21ClN2O2/c1-4-8-18(11-14(19)17(2)3)15(20)13-7-5-6-12(9-13)10-16/h5-7,9H,4,8,10-11H2,1-3H3. The zero-order valence-electron chi connectivity index (χ0n) is 12.2. The van der Waals surface area contributed by atoms with E-state index in [1.165, 1.54) is 4.90 Å². The number of rotatable bonds is 6. The highest BCUT2D eigenvalue weighted by Gasteiger charge is 2.19. The Hall–Kier alpha value is -1.55. The van der Waals surface area contributed by atoms with Crippen LogP contribution in [0.2, 0.25) is 0 Å². The van der Waals surface area contributed by atoms with E-state index in [9.17, 15) is 9.59 Å². The molecule has 0 aliphatic heterocycles. The first-order chi connectivity index (χ1) is 9.49. The van der Waals surface area contributed by atoms with Gasteiger partial charge in [0.15, 0.2) is 0 Å². The van der Waals surface area contributed by atoms with Crippen LogP contribution in [-0.2, 0) is 10.7 Å². The van der Waals surface area contributed by atoms with Gasteiger partial charge in [-0.1, -0.05) is 19.1 Å². The summed E-state index contributed by atoms with van der Waals surface area (Å²) in [5.74, 6) is 0.153. The lowest BCUT2D eigenvalue weighted by molar-refractivity contribution is -0.129. The molecule has 110 valence electrons. The molecule has 0 bridgehead atoms. The fourth-order valence-corrected chi connectivity index (χ4v) is 1.96. The number of nitrogens with zero attached hydrogens (tertiary/aromatic N) is 2. The average molecular weight is 297 g/mol. The summed E-state index contributed by atoms with van der Waals surface area (Å²) in [6.45, 7) is 2.64. The molecule has 0 aliphatic rings. The molecule has 0 saturated heterocycles. The smallest absolute Gasteiger partial charge is 0.254 e. The second-order valence-electron chi connectivity index (χ2n) is 4.85. The first kappa shape index (κ1) is 16.5. The van der Waals surface area contributed by atoms with Gasteiger partial charge in [-0.2, -0.15) is 0 Å². The lowest BCUT2D eigenvalue weighted by Crippen LogP contribution is -2.40. The highest BCUT2D eigenvalue weighted by Crippen LogP contribution is 2.11. The monoisotopic (exact) mass is 296 g/mol. The summed E-state index contributed by atoms with van der Waals surface area (Å²) in [5, 5.41) is 0. The zero-order valence-corrected chi connectivity index (χ0v) is 13.0. The number of likely N-dealkylation sites (N-methyl/N-ethyl adjacent to an activating group) is 1. The van der Waals surface area contributed by atoms with Gasteiger partial charge in [0.05, 0.1) is 0 Å². The molecule has 0 aliphatic carbocycles. The Kier molecular flexibility index (Phi) is 6.52. The van der Waals surface area contributed by atoms with Crippen molar-refractivity contribution in [2.45, 2.75) is 19.2 Å². The lowest BCUT2D eigenvalue weighted by atomic mass is 10.1. The van der Waals surface area contributed by atoms with Crippen LogP contribution < -0.4 is 0 Å². The van der Waals surface area contributed by atoms with E-state index in [-0.39, 0.29) is 18.4 Å². The molecule has 1 aromatic carbocycles. The van der Waals surface area contributed by atoms with Crippen LogP contribution in [0.4, 0.5) is 0 Å². The molecule has 0 radical (unpaired) electrons. The van der Waals surface area contributed by atoms with Gasteiger partial charge in [-0.3, -0.25) is 9.59 Å². The first-order valence-electron chi connectivity index (χ1n) is 6.64. The quantitative estimate of drug-likeness (QED) is 0.756. The molecule has 0 fully saturated rings. The molecule has 0 atom stereocenters. The van der Waals surface area contributed by atoms with Gasteiger partial charge in [0, 0.05) is 32.1 Å². The molecule has 20 heavy (non-hydrogen) atoms. The number of alkyl halides is 1. The fraction of sp³-hybridized carbons (Fsp3) is 0.467. The van der Waals surface area contributed by atoms with Crippen molar-refractivity contribution in [3.8, 4) is 0 Å². The number of carbonyl (C=O) groups is 2. The summed E-state index contributed by atoms with van der Waals surface area (Å²) < 4.78 is 0. The molecule has 2 amide bonds. The molecule has 0 unspecified atom stereocenters. The van der Waals surface area contributed by atoms with Crippen LogP contribution in [0.5, 0.6) is 0 Å². The van der Waals surface area contributed by atoms with E-state index in [4.69, 9.17) is 11.6 Å². The van der Waals surface area contributed by atoms with Crippen molar-refractivity contribution in [1.29, 1.82) is 0 Å². The predicted octanol–water partition coefficient (Wildman–Crippen LogP) is 2.37. The van der Waals surface area contributed by atoms with Gasteiger partial charge >= 0.3 is 0 Å². The molecule has 0 aromatic heterocycles. The summed E-state index contributed by atoms with van der Waals surface area (Å²) >= 11 is 5.78. The Labute approximate surface area is 125 Å². The number of amides is 2. The minimum Gasteiger partial charge on any atom is -0.347 e. The highest BCUT2D eigenvalue weighted by atomic mass is 35.5. The Bertz CT molecular complexity index is 475. The first-order valence-corrected chi connectivity index (χ1v) is 7.17. The highest BCUT2D eigenvalue weighted by molar-refractivity contribution is 6.17. The largest absolute Gasteiger partial charge is 0.347 e. The van der Waals surface area contributed by atoms with Gasteiger partial charge in [0.25, 0.3) is 5.91 Å². The van der Waals surface area contributed by atoms with Crippen LogP contribution in [0.1, 0.15) is 29.3 Å². The van der Waals surface area contributed by atoms with Gasteiger partial charge in [-0.15, -0.1) is 11.6 Å². The SMILES string of the molecule is CCCN(CC(=O)N(C)C)C(=O)c1cccc(CCl)c1. The van der Waals surface area contributed by atoms with Crippen LogP contribution in [0.25, 0.3) is 0 Å². The second-order valence-corrected chi connectivity index (χ2v) is 5.12. The summed E-state index contributed by atoms with van der Waals surface area (Å²) in [5.41, 5.74) is 1.47. The third-order valence-corrected chi connectivity index (χ3v) is 3.24. The number of benzene rings is 1. The van der Waals surface area contributed by atoms with Crippen LogP contribution in [0, 0.1) is 0 Å². The second kappa shape index (κ2) is 7.90. The molecule has 0 N–H and O–H groups in total. The molecule has 1 rings (SSSR count). The normalized spacial score (nSPS) is 10.2. The van der Waals surface area contributed by atoms with Crippen LogP contribution in [0.3, 0.4) is 0 Å². The number of hydrogen-bond acceptors (Lipinski definition) is 2. The van der Waals surface area contributed by atoms with Gasteiger partial charge in [0.1, 0.15) is 6.54 Å². The Morgan fingerprint density at radius 2 is 1.95 bits per heavy atom. The molecule has 1 aromatic rings. The van der Waals surface area contributed by atoms with E-state index < -0.39 is 0 Å². The van der Waals surface area contributed by atoms with Crippen molar-refractivity contribution in [2.24, 2.45) is 0 Å². The molecule has 0 heterocycles. The average Bonchev–Trinajstić information content (AvgIpc) is 2.45. The number of halogens is 1. The predicted molar refractivity (Wildman–Crippen MR) is 80.9 cm³/mol. The van der Waals surface area contributed by atoms with Gasteiger partial charge in [-0.25, -0.2) is 0 Å². The van der Waals surface area contributed by atoms with Crippen molar-refractivity contribution in [2.75, 3.05) is 27.2 Å². The van der Waals surface area contributed by atoms with E-state index in [1.807, 2.05) is 19.1 Å². The van der Waals surface area contributed by atoms with Crippen molar-refractivity contribution in [3.05, 3.63) is 35.4 Å². The maximum atomic E-state index is 12.5.